The van der Waals surface area contributed by atoms with Gasteiger partial charge in [0.25, 0.3) is 5.91 Å². The topological polar surface area (TPSA) is 55.4 Å². The van der Waals surface area contributed by atoms with Gasteiger partial charge < -0.3 is 10.1 Å². The molecule has 0 aromatic heterocycles. The van der Waals surface area contributed by atoms with Crippen LogP contribution in [0.4, 0.5) is 4.39 Å². The molecule has 5 heteroatoms. The van der Waals surface area contributed by atoms with Crippen molar-refractivity contribution >= 4 is 11.9 Å². The number of ether oxygens (including phenoxy) is 1. The van der Waals surface area contributed by atoms with Crippen LogP contribution < -0.4 is 5.32 Å². The molecule has 2 aromatic carbocycles. The van der Waals surface area contributed by atoms with E-state index in [1.165, 1.54) is 36.8 Å². The van der Waals surface area contributed by atoms with Gasteiger partial charge in [0.15, 0.2) is 6.10 Å². The molecule has 4 nitrogen and oxygen atoms in total. The summed E-state index contributed by atoms with van der Waals surface area (Å²) in [5.41, 5.74) is 2.58. The van der Waals surface area contributed by atoms with E-state index in [-0.39, 0.29) is 17.5 Å². The van der Waals surface area contributed by atoms with Gasteiger partial charge in [-0.3, -0.25) is 4.79 Å². The van der Waals surface area contributed by atoms with Gasteiger partial charge in [-0.05, 0) is 61.6 Å². The average molecular weight is 341 g/mol. The normalized spacial score (nSPS) is 17.3. The van der Waals surface area contributed by atoms with Crippen molar-refractivity contribution in [1.82, 2.24) is 5.32 Å². The summed E-state index contributed by atoms with van der Waals surface area (Å²) < 4.78 is 18.1. The highest BCUT2D eigenvalue weighted by Crippen LogP contribution is 2.29. The average Bonchev–Trinajstić information content (AvgIpc) is 2.62. The molecule has 1 amide bonds. The number of carbonyl (C=O) groups is 2. The Hall–Kier alpha value is -2.69. The molecule has 0 unspecified atom stereocenters. The standard InChI is InChI=1S/C20H20FNO3/c1-13(25-20(24)15-9-11-16(21)12-10-15)19(23)22-18-8-4-6-14-5-2-3-7-17(14)18/h2-3,5,7,9-13,18H,4,6,8H2,1H3,(H,22,23)/t13-,18-/m0/s1. The Labute approximate surface area is 146 Å². The molecule has 0 saturated heterocycles. The fraction of sp³-hybridized carbons (Fsp3) is 0.300. The molecule has 0 radical (unpaired) electrons. The van der Waals surface area contributed by atoms with E-state index in [9.17, 15) is 14.0 Å². The summed E-state index contributed by atoms with van der Waals surface area (Å²) in [6.07, 6.45) is 1.96. The zero-order valence-electron chi connectivity index (χ0n) is 14.0. The Balaban J connectivity index is 1.62. The number of nitrogens with one attached hydrogen (secondary N) is 1. The van der Waals surface area contributed by atoms with Crippen LogP contribution in [0.2, 0.25) is 0 Å². The fourth-order valence-electron chi connectivity index (χ4n) is 3.06. The molecule has 2 aromatic rings. The Morgan fingerprint density at radius 1 is 1.16 bits per heavy atom. The first-order chi connectivity index (χ1) is 12.0. The summed E-state index contributed by atoms with van der Waals surface area (Å²) in [5.74, 6) is -1.41. The number of hydrogen-bond acceptors (Lipinski definition) is 3. The monoisotopic (exact) mass is 341 g/mol. The molecule has 2 atom stereocenters. The lowest BCUT2D eigenvalue weighted by Crippen LogP contribution is -2.39. The van der Waals surface area contributed by atoms with Crippen LogP contribution in [0, 0.1) is 5.82 Å². The molecule has 1 aliphatic carbocycles. The summed E-state index contributed by atoms with van der Waals surface area (Å²) in [4.78, 5) is 24.4. The third kappa shape index (κ3) is 4.05. The van der Waals surface area contributed by atoms with Crippen LogP contribution in [0.1, 0.15) is 47.3 Å². The van der Waals surface area contributed by atoms with Gasteiger partial charge in [0, 0.05) is 0 Å². The van der Waals surface area contributed by atoms with Crippen LogP contribution in [0.3, 0.4) is 0 Å². The van der Waals surface area contributed by atoms with Gasteiger partial charge in [0.1, 0.15) is 5.82 Å². The zero-order chi connectivity index (χ0) is 17.8. The molecule has 3 rings (SSSR count). The zero-order valence-corrected chi connectivity index (χ0v) is 14.0. The number of halogens is 1. The number of esters is 1. The SMILES string of the molecule is C[C@H](OC(=O)c1ccc(F)cc1)C(=O)N[C@H]1CCCc2ccccc21. The first-order valence-electron chi connectivity index (χ1n) is 8.39. The molecule has 0 aliphatic heterocycles. The van der Waals surface area contributed by atoms with Crippen molar-refractivity contribution in [2.75, 3.05) is 0 Å². The number of rotatable bonds is 4. The second kappa shape index (κ2) is 7.47. The third-order valence-electron chi connectivity index (χ3n) is 4.42. The minimum absolute atomic E-state index is 0.0653. The number of benzene rings is 2. The highest BCUT2D eigenvalue weighted by Gasteiger charge is 2.25. The van der Waals surface area contributed by atoms with Crippen molar-refractivity contribution in [3.63, 3.8) is 0 Å². The van der Waals surface area contributed by atoms with Crippen molar-refractivity contribution in [1.29, 1.82) is 0 Å². The molecule has 1 aliphatic rings. The number of fused-ring (bicyclic) bond motifs is 1. The summed E-state index contributed by atoms with van der Waals surface area (Å²) >= 11 is 0. The Morgan fingerprint density at radius 2 is 1.88 bits per heavy atom. The van der Waals surface area contributed by atoms with E-state index in [0.29, 0.717) is 0 Å². The van der Waals surface area contributed by atoms with Crippen molar-refractivity contribution in [3.05, 3.63) is 71.0 Å². The predicted molar refractivity (Wildman–Crippen MR) is 91.5 cm³/mol. The minimum Gasteiger partial charge on any atom is -0.449 e. The highest BCUT2D eigenvalue weighted by molar-refractivity contribution is 5.92. The molecular formula is C20H20FNO3. The van der Waals surface area contributed by atoms with Gasteiger partial charge in [-0.15, -0.1) is 0 Å². The lowest BCUT2D eigenvalue weighted by molar-refractivity contribution is -0.130. The maximum absolute atomic E-state index is 12.9. The number of hydrogen-bond donors (Lipinski definition) is 1. The summed E-state index contributed by atoms with van der Waals surface area (Å²) in [6, 6.07) is 13.0. The second-order valence-corrected chi connectivity index (χ2v) is 6.21. The number of aryl methyl sites for hydroxylation is 1. The smallest absolute Gasteiger partial charge is 0.338 e. The van der Waals surface area contributed by atoms with Crippen LogP contribution in [0.25, 0.3) is 0 Å². The lowest BCUT2D eigenvalue weighted by Gasteiger charge is -2.27. The van der Waals surface area contributed by atoms with Gasteiger partial charge in [-0.2, -0.15) is 0 Å². The van der Waals surface area contributed by atoms with Gasteiger partial charge >= 0.3 is 5.97 Å². The lowest BCUT2D eigenvalue weighted by atomic mass is 9.87. The van der Waals surface area contributed by atoms with E-state index in [1.54, 1.807) is 0 Å². The first kappa shape index (κ1) is 17.1. The Kier molecular flexibility index (Phi) is 5.12. The summed E-state index contributed by atoms with van der Waals surface area (Å²) in [6.45, 7) is 1.53. The van der Waals surface area contributed by atoms with E-state index in [0.717, 1.165) is 24.8 Å². The molecule has 130 valence electrons. The molecule has 1 N–H and O–H groups in total. The van der Waals surface area contributed by atoms with Crippen molar-refractivity contribution in [2.24, 2.45) is 0 Å². The van der Waals surface area contributed by atoms with E-state index in [4.69, 9.17) is 4.74 Å². The summed E-state index contributed by atoms with van der Waals surface area (Å²) in [7, 11) is 0. The largest absolute Gasteiger partial charge is 0.449 e. The highest BCUT2D eigenvalue weighted by atomic mass is 19.1. The van der Waals surface area contributed by atoms with E-state index in [1.807, 2.05) is 18.2 Å². The van der Waals surface area contributed by atoms with E-state index >= 15 is 0 Å². The Morgan fingerprint density at radius 3 is 2.64 bits per heavy atom. The second-order valence-electron chi connectivity index (χ2n) is 6.21. The minimum atomic E-state index is -0.924. The maximum Gasteiger partial charge on any atom is 0.338 e. The molecule has 0 fully saturated rings. The molecule has 25 heavy (non-hydrogen) atoms. The first-order valence-corrected chi connectivity index (χ1v) is 8.39. The molecule has 0 bridgehead atoms. The Bertz CT molecular complexity index is 773. The van der Waals surface area contributed by atoms with Gasteiger partial charge in [-0.1, -0.05) is 24.3 Å². The number of amides is 1. The van der Waals surface area contributed by atoms with Crippen molar-refractivity contribution < 1.29 is 18.7 Å². The van der Waals surface area contributed by atoms with Crippen molar-refractivity contribution in [2.45, 2.75) is 38.3 Å². The van der Waals surface area contributed by atoms with Crippen LogP contribution in [0.5, 0.6) is 0 Å². The molecule has 0 saturated carbocycles. The van der Waals surface area contributed by atoms with E-state index in [2.05, 4.69) is 11.4 Å². The molecular weight excluding hydrogens is 321 g/mol. The quantitative estimate of drug-likeness (QED) is 0.865. The third-order valence-corrected chi connectivity index (χ3v) is 4.42. The van der Waals surface area contributed by atoms with Crippen LogP contribution in [0.15, 0.2) is 48.5 Å². The van der Waals surface area contributed by atoms with Crippen LogP contribution in [-0.4, -0.2) is 18.0 Å². The van der Waals surface area contributed by atoms with Gasteiger partial charge in [0.05, 0.1) is 11.6 Å². The van der Waals surface area contributed by atoms with Gasteiger partial charge in [0.2, 0.25) is 0 Å². The van der Waals surface area contributed by atoms with Crippen molar-refractivity contribution in [3.8, 4) is 0 Å². The van der Waals surface area contributed by atoms with Crippen LogP contribution >= 0.6 is 0 Å². The van der Waals surface area contributed by atoms with Gasteiger partial charge in [-0.25, -0.2) is 9.18 Å². The fourth-order valence-corrected chi connectivity index (χ4v) is 3.06. The summed E-state index contributed by atoms with van der Waals surface area (Å²) in [5, 5.41) is 2.96. The van der Waals surface area contributed by atoms with E-state index < -0.39 is 17.9 Å². The maximum atomic E-state index is 12.9. The predicted octanol–water partition coefficient (Wildman–Crippen LogP) is 3.56. The number of carbonyl (C=O) groups excluding carboxylic acids is 2. The van der Waals surface area contributed by atoms with Crippen LogP contribution in [-0.2, 0) is 16.0 Å². The molecule has 0 heterocycles. The molecule has 0 spiro atoms.